The Bertz CT molecular complexity index is 977. The van der Waals surface area contributed by atoms with Crippen LogP contribution < -0.4 is 0 Å². The third kappa shape index (κ3) is 4.53. The van der Waals surface area contributed by atoms with Crippen LogP contribution in [0.5, 0.6) is 0 Å². The molecule has 1 saturated heterocycles. The monoisotopic (exact) mass is 391 g/mol. The Kier molecular flexibility index (Phi) is 5.70. The molecule has 1 aliphatic heterocycles. The minimum absolute atomic E-state index is 0.0543. The van der Waals surface area contributed by atoms with Gasteiger partial charge in [-0.1, -0.05) is 54.6 Å². The smallest absolute Gasteiger partial charge is 0.256 e. The number of likely N-dealkylation sites (tertiary alicyclic amines) is 1. The van der Waals surface area contributed by atoms with Gasteiger partial charge in [-0.2, -0.15) is 0 Å². The van der Waals surface area contributed by atoms with Crippen molar-refractivity contribution in [2.24, 2.45) is 5.92 Å². The highest BCUT2D eigenvalue weighted by molar-refractivity contribution is 5.94. The molecule has 1 amide bonds. The molecule has 0 N–H and O–H groups in total. The zero-order valence-electron chi connectivity index (χ0n) is 16.2. The van der Waals surface area contributed by atoms with Gasteiger partial charge in [0.05, 0.1) is 5.56 Å². The molecule has 0 saturated carbocycles. The van der Waals surface area contributed by atoms with Gasteiger partial charge in [0, 0.05) is 19.2 Å². The van der Waals surface area contributed by atoms with E-state index in [0.717, 1.165) is 31.4 Å². The molecule has 1 aliphatic rings. The first-order valence-electron chi connectivity index (χ1n) is 9.99. The second kappa shape index (κ2) is 8.56. The largest absolute Gasteiger partial charge is 0.339 e. The maximum atomic E-state index is 13.9. The van der Waals surface area contributed by atoms with Crippen molar-refractivity contribution in [3.63, 3.8) is 0 Å². The summed E-state index contributed by atoms with van der Waals surface area (Å²) in [5, 5.41) is 0. The molecule has 0 radical (unpaired) electrons. The van der Waals surface area contributed by atoms with Crippen molar-refractivity contribution in [3.05, 3.63) is 95.6 Å². The van der Waals surface area contributed by atoms with Crippen LogP contribution in [0.15, 0.2) is 72.8 Å². The first-order valence-corrected chi connectivity index (χ1v) is 9.99. The predicted octanol–water partition coefficient (Wildman–Crippen LogP) is 5.73. The van der Waals surface area contributed by atoms with E-state index in [1.807, 2.05) is 18.2 Å². The molecular formula is C25H23F2NO. The third-order valence-electron chi connectivity index (χ3n) is 5.65. The van der Waals surface area contributed by atoms with Crippen molar-refractivity contribution in [2.45, 2.75) is 19.3 Å². The fraction of sp³-hybridized carbons (Fsp3) is 0.240. The molecule has 0 bridgehead atoms. The van der Waals surface area contributed by atoms with Gasteiger partial charge in [0.15, 0.2) is 0 Å². The topological polar surface area (TPSA) is 20.3 Å². The van der Waals surface area contributed by atoms with E-state index in [2.05, 4.69) is 36.4 Å². The van der Waals surface area contributed by atoms with Crippen LogP contribution in [0.1, 0.15) is 28.8 Å². The summed E-state index contributed by atoms with van der Waals surface area (Å²) in [5.41, 5.74) is 3.65. The second-order valence-electron chi connectivity index (χ2n) is 7.63. The van der Waals surface area contributed by atoms with Gasteiger partial charge in [-0.15, -0.1) is 0 Å². The van der Waals surface area contributed by atoms with Gasteiger partial charge in [-0.3, -0.25) is 4.79 Å². The predicted molar refractivity (Wildman–Crippen MR) is 111 cm³/mol. The fourth-order valence-electron chi connectivity index (χ4n) is 3.97. The number of benzene rings is 3. The molecule has 1 heterocycles. The van der Waals surface area contributed by atoms with Crippen LogP contribution in [-0.4, -0.2) is 23.9 Å². The average molecular weight is 391 g/mol. The Morgan fingerprint density at radius 1 is 0.862 bits per heavy atom. The number of carbonyl (C=O) groups is 1. The SMILES string of the molecule is O=C(c1ccc(F)cc1F)N1CCC(Cc2ccc(-c3ccccc3)cc2)CC1. The zero-order chi connectivity index (χ0) is 20.2. The normalized spacial score (nSPS) is 14.8. The molecule has 29 heavy (non-hydrogen) atoms. The lowest BCUT2D eigenvalue weighted by atomic mass is 9.89. The van der Waals surface area contributed by atoms with Gasteiger partial charge < -0.3 is 4.90 Å². The Balaban J connectivity index is 1.33. The van der Waals surface area contributed by atoms with E-state index in [4.69, 9.17) is 0 Å². The summed E-state index contributed by atoms with van der Waals surface area (Å²) in [6.07, 6.45) is 2.74. The van der Waals surface area contributed by atoms with Gasteiger partial charge in [0.1, 0.15) is 11.6 Å². The summed E-state index contributed by atoms with van der Waals surface area (Å²) >= 11 is 0. The fourth-order valence-corrected chi connectivity index (χ4v) is 3.97. The van der Waals surface area contributed by atoms with Crippen LogP contribution in [0, 0.1) is 17.6 Å². The summed E-state index contributed by atoms with van der Waals surface area (Å²) in [4.78, 5) is 14.2. The van der Waals surface area contributed by atoms with Crippen LogP contribution in [0.3, 0.4) is 0 Å². The minimum Gasteiger partial charge on any atom is -0.339 e. The van der Waals surface area contributed by atoms with Crippen LogP contribution in [0.4, 0.5) is 8.78 Å². The summed E-state index contributed by atoms with van der Waals surface area (Å²) in [7, 11) is 0. The number of hydrogen-bond donors (Lipinski definition) is 0. The number of hydrogen-bond acceptors (Lipinski definition) is 1. The highest BCUT2D eigenvalue weighted by Gasteiger charge is 2.25. The van der Waals surface area contributed by atoms with Gasteiger partial charge >= 0.3 is 0 Å². The molecule has 1 fully saturated rings. The first kappa shape index (κ1) is 19.3. The van der Waals surface area contributed by atoms with Crippen molar-refractivity contribution in [1.82, 2.24) is 4.90 Å². The average Bonchev–Trinajstić information content (AvgIpc) is 2.75. The van der Waals surface area contributed by atoms with E-state index in [9.17, 15) is 13.6 Å². The molecule has 3 aromatic rings. The van der Waals surface area contributed by atoms with Gasteiger partial charge in [0.2, 0.25) is 0 Å². The van der Waals surface area contributed by atoms with Gasteiger partial charge in [0.25, 0.3) is 5.91 Å². The lowest BCUT2D eigenvalue weighted by Gasteiger charge is -2.32. The van der Waals surface area contributed by atoms with E-state index in [1.54, 1.807) is 4.90 Å². The number of rotatable bonds is 4. The molecular weight excluding hydrogens is 368 g/mol. The van der Waals surface area contributed by atoms with Gasteiger partial charge in [-0.05, 0) is 54.0 Å². The minimum atomic E-state index is -0.796. The summed E-state index contributed by atoms with van der Waals surface area (Å²) < 4.78 is 27.0. The van der Waals surface area contributed by atoms with E-state index in [0.29, 0.717) is 19.0 Å². The van der Waals surface area contributed by atoms with Crippen molar-refractivity contribution < 1.29 is 13.6 Å². The van der Waals surface area contributed by atoms with Crippen molar-refractivity contribution in [2.75, 3.05) is 13.1 Å². The van der Waals surface area contributed by atoms with Crippen molar-refractivity contribution in [1.29, 1.82) is 0 Å². The maximum absolute atomic E-state index is 13.9. The molecule has 0 aliphatic carbocycles. The van der Waals surface area contributed by atoms with Crippen molar-refractivity contribution in [3.8, 4) is 11.1 Å². The molecule has 3 aromatic carbocycles. The first-order chi connectivity index (χ1) is 14.1. The standard InChI is InChI=1S/C25H23F2NO/c26-22-10-11-23(24(27)17-22)25(29)28-14-12-19(13-15-28)16-18-6-8-21(9-7-18)20-4-2-1-3-5-20/h1-11,17,19H,12-16H2. The summed E-state index contributed by atoms with van der Waals surface area (Å²) in [6, 6.07) is 22.1. The van der Waals surface area contributed by atoms with Crippen molar-refractivity contribution >= 4 is 5.91 Å². The van der Waals surface area contributed by atoms with E-state index >= 15 is 0 Å². The number of halogens is 2. The highest BCUT2D eigenvalue weighted by atomic mass is 19.1. The molecule has 4 heteroatoms. The molecule has 0 aromatic heterocycles. The number of piperidine rings is 1. The lowest BCUT2D eigenvalue weighted by molar-refractivity contribution is 0.0685. The van der Waals surface area contributed by atoms with Crippen LogP contribution >= 0.6 is 0 Å². The maximum Gasteiger partial charge on any atom is 0.256 e. The molecule has 2 nitrogen and oxygen atoms in total. The van der Waals surface area contributed by atoms with E-state index in [1.165, 1.54) is 22.8 Å². The number of amides is 1. The van der Waals surface area contributed by atoms with Crippen LogP contribution in [-0.2, 0) is 6.42 Å². The summed E-state index contributed by atoms with van der Waals surface area (Å²) in [6.45, 7) is 1.20. The van der Waals surface area contributed by atoms with Gasteiger partial charge in [-0.25, -0.2) is 8.78 Å². The molecule has 0 spiro atoms. The highest BCUT2D eigenvalue weighted by Crippen LogP contribution is 2.25. The number of carbonyl (C=O) groups excluding carboxylic acids is 1. The molecule has 0 atom stereocenters. The Hall–Kier alpha value is -3.01. The quantitative estimate of drug-likeness (QED) is 0.556. The Labute approximate surface area is 169 Å². The second-order valence-corrected chi connectivity index (χ2v) is 7.63. The lowest BCUT2D eigenvalue weighted by Crippen LogP contribution is -2.39. The van der Waals surface area contributed by atoms with E-state index in [-0.39, 0.29) is 11.5 Å². The van der Waals surface area contributed by atoms with Crippen LogP contribution in [0.2, 0.25) is 0 Å². The third-order valence-corrected chi connectivity index (χ3v) is 5.65. The molecule has 4 rings (SSSR count). The Morgan fingerprint density at radius 2 is 1.52 bits per heavy atom. The van der Waals surface area contributed by atoms with E-state index < -0.39 is 11.6 Å². The Morgan fingerprint density at radius 3 is 2.17 bits per heavy atom. The number of nitrogens with zero attached hydrogens (tertiary/aromatic N) is 1. The summed E-state index contributed by atoms with van der Waals surface area (Å²) in [5.74, 6) is -1.32. The van der Waals surface area contributed by atoms with Crippen LogP contribution in [0.25, 0.3) is 11.1 Å². The zero-order valence-corrected chi connectivity index (χ0v) is 16.2. The molecule has 0 unspecified atom stereocenters. The molecule has 148 valence electrons.